The van der Waals surface area contributed by atoms with Crippen molar-refractivity contribution in [2.75, 3.05) is 31.5 Å². The molecule has 1 aliphatic rings. The van der Waals surface area contributed by atoms with Crippen LogP contribution in [0.2, 0.25) is 0 Å². The Morgan fingerprint density at radius 3 is 2.56 bits per heavy atom. The molecule has 1 aromatic carbocycles. The minimum Gasteiger partial charge on any atom is -0.325 e. The Bertz CT molecular complexity index is 1100. The van der Waals surface area contributed by atoms with Gasteiger partial charge in [0, 0.05) is 32.2 Å². The highest BCUT2D eigenvalue weighted by molar-refractivity contribution is 6.04. The number of hydrogen-bond acceptors (Lipinski definition) is 6. The number of nitrogens with one attached hydrogen (secondary N) is 1. The molecule has 0 radical (unpaired) electrons. The third kappa shape index (κ3) is 6.48. The van der Waals surface area contributed by atoms with Crippen molar-refractivity contribution >= 4 is 23.6 Å². The summed E-state index contributed by atoms with van der Waals surface area (Å²) in [6, 6.07) is 9.32. The maximum Gasteiger partial charge on any atom is 0.319 e. The minimum atomic E-state index is -0.646. The van der Waals surface area contributed by atoms with E-state index in [0.717, 1.165) is 25.9 Å². The predicted molar refractivity (Wildman–Crippen MR) is 138 cm³/mol. The number of carbonyl (C=O) groups excluding carboxylic acids is 2. The van der Waals surface area contributed by atoms with E-state index in [0.29, 0.717) is 30.8 Å². The van der Waals surface area contributed by atoms with Crippen molar-refractivity contribution in [2.24, 2.45) is 16.8 Å². The number of nitrogens with two attached hydrogens (primary N) is 2. The lowest BCUT2D eigenvalue weighted by atomic mass is 10.1. The van der Waals surface area contributed by atoms with Gasteiger partial charge in [0.1, 0.15) is 17.3 Å². The van der Waals surface area contributed by atoms with Crippen LogP contribution in [0.5, 0.6) is 0 Å². The van der Waals surface area contributed by atoms with Crippen LogP contribution in [0.25, 0.3) is 0 Å². The molecule has 1 aromatic heterocycles. The van der Waals surface area contributed by atoms with Gasteiger partial charge in [-0.3, -0.25) is 9.80 Å². The van der Waals surface area contributed by atoms with Crippen LogP contribution in [0.4, 0.5) is 15.0 Å². The first-order chi connectivity index (χ1) is 17.2. The highest BCUT2D eigenvalue weighted by Crippen LogP contribution is 2.16. The van der Waals surface area contributed by atoms with Crippen molar-refractivity contribution in [1.82, 2.24) is 19.8 Å². The number of nitrogens with zero attached hydrogens (tertiary/aromatic N) is 5. The summed E-state index contributed by atoms with van der Waals surface area (Å²) in [4.78, 5) is 33.3. The van der Waals surface area contributed by atoms with Gasteiger partial charge in [0.15, 0.2) is 5.84 Å². The second-order valence-electron chi connectivity index (χ2n) is 8.94. The summed E-state index contributed by atoms with van der Waals surface area (Å²) in [5.74, 6) is 10.7. The normalized spacial score (nSPS) is 13.7. The fraction of sp³-hybridized carbons (Fsp3) is 0.440. The molecule has 0 unspecified atom stereocenters. The van der Waals surface area contributed by atoms with Gasteiger partial charge in [0.2, 0.25) is 0 Å². The average molecular weight is 499 g/mol. The van der Waals surface area contributed by atoms with E-state index in [1.54, 1.807) is 29.2 Å². The molecular weight excluding hydrogens is 463 g/mol. The topological polar surface area (TPSA) is 133 Å². The lowest BCUT2D eigenvalue weighted by molar-refractivity contribution is 0.102. The van der Waals surface area contributed by atoms with Gasteiger partial charge in [-0.2, -0.15) is 5.10 Å². The quantitative estimate of drug-likeness (QED) is 0.222. The Kier molecular flexibility index (Phi) is 9.18. The molecule has 1 aliphatic heterocycles. The summed E-state index contributed by atoms with van der Waals surface area (Å²) >= 11 is 0. The Balaban J connectivity index is 1.65. The number of pyridine rings is 1. The first-order valence-electron chi connectivity index (χ1n) is 12.2. The zero-order valence-corrected chi connectivity index (χ0v) is 21.1. The van der Waals surface area contributed by atoms with Crippen molar-refractivity contribution in [2.45, 2.75) is 46.1 Å². The number of likely N-dealkylation sites (N-methyl/N-ethyl adjacent to an activating group) is 1. The number of aromatic nitrogens is 1. The van der Waals surface area contributed by atoms with E-state index in [1.807, 2.05) is 25.7 Å². The fourth-order valence-electron chi connectivity index (χ4n) is 3.98. The molecule has 10 nitrogen and oxygen atoms in total. The summed E-state index contributed by atoms with van der Waals surface area (Å²) in [5.41, 5.74) is 0.963. The Morgan fingerprint density at radius 2 is 1.94 bits per heavy atom. The first-order valence-corrected chi connectivity index (χ1v) is 12.2. The third-order valence-electron chi connectivity index (χ3n) is 6.12. The smallest absolute Gasteiger partial charge is 0.319 e. The van der Waals surface area contributed by atoms with Gasteiger partial charge in [0.05, 0.1) is 5.56 Å². The SMILES string of the molecule is CCN(CCc1ccc(C(=O)Nc2cccc(/C(=N/N)N(N)C(C)C)n2)c(F)c1)C(=O)N1CCCC1. The summed E-state index contributed by atoms with van der Waals surface area (Å²) in [7, 11) is 0. The molecule has 0 aliphatic carbocycles. The summed E-state index contributed by atoms with van der Waals surface area (Å²) < 4.78 is 14.8. The van der Waals surface area contributed by atoms with Crippen molar-refractivity contribution in [3.63, 3.8) is 0 Å². The van der Waals surface area contributed by atoms with Gasteiger partial charge in [-0.1, -0.05) is 12.1 Å². The van der Waals surface area contributed by atoms with Gasteiger partial charge < -0.3 is 21.0 Å². The van der Waals surface area contributed by atoms with Gasteiger partial charge in [-0.25, -0.2) is 20.0 Å². The molecule has 2 aromatic rings. The molecule has 0 atom stereocenters. The molecule has 11 heteroatoms. The van der Waals surface area contributed by atoms with Crippen molar-refractivity contribution in [1.29, 1.82) is 0 Å². The highest BCUT2D eigenvalue weighted by Gasteiger charge is 2.23. The Morgan fingerprint density at radius 1 is 1.22 bits per heavy atom. The Hall–Kier alpha value is -3.73. The van der Waals surface area contributed by atoms with Crippen LogP contribution in [0.1, 0.15) is 55.2 Å². The zero-order valence-electron chi connectivity index (χ0n) is 21.1. The largest absolute Gasteiger partial charge is 0.325 e. The van der Waals surface area contributed by atoms with Crippen LogP contribution in [0.3, 0.4) is 0 Å². The van der Waals surface area contributed by atoms with E-state index in [2.05, 4.69) is 15.4 Å². The number of halogens is 1. The van der Waals surface area contributed by atoms with E-state index in [-0.39, 0.29) is 29.3 Å². The number of hydrazone groups is 1. The van der Waals surface area contributed by atoms with E-state index in [1.165, 1.54) is 17.1 Å². The fourth-order valence-corrected chi connectivity index (χ4v) is 3.98. The van der Waals surface area contributed by atoms with E-state index < -0.39 is 11.7 Å². The number of hydrogen-bond donors (Lipinski definition) is 3. The van der Waals surface area contributed by atoms with Crippen LogP contribution < -0.4 is 17.0 Å². The molecule has 0 spiro atoms. The molecule has 1 fully saturated rings. The number of urea groups is 1. The molecule has 3 rings (SSSR count). The van der Waals surface area contributed by atoms with Gasteiger partial charge in [-0.15, -0.1) is 0 Å². The van der Waals surface area contributed by atoms with Crippen LogP contribution in [0, 0.1) is 5.82 Å². The third-order valence-corrected chi connectivity index (χ3v) is 6.12. The number of likely N-dealkylation sites (tertiary alicyclic amines) is 1. The van der Waals surface area contributed by atoms with Crippen molar-refractivity contribution in [3.05, 3.63) is 59.0 Å². The highest BCUT2D eigenvalue weighted by atomic mass is 19.1. The summed E-state index contributed by atoms with van der Waals surface area (Å²) in [6.07, 6.45) is 2.55. The first kappa shape index (κ1) is 26.9. The van der Waals surface area contributed by atoms with Gasteiger partial charge >= 0.3 is 6.03 Å². The number of benzene rings is 1. The number of rotatable bonds is 8. The molecule has 1 saturated heterocycles. The number of amides is 3. The lowest BCUT2D eigenvalue weighted by Crippen LogP contribution is -2.44. The van der Waals surface area contributed by atoms with Crippen LogP contribution in [-0.2, 0) is 6.42 Å². The van der Waals surface area contributed by atoms with Crippen molar-refractivity contribution < 1.29 is 14.0 Å². The minimum absolute atomic E-state index is 0.0233. The van der Waals surface area contributed by atoms with E-state index >= 15 is 0 Å². The molecule has 0 saturated carbocycles. The van der Waals surface area contributed by atoms with Crippen molar-refractivity contribution in [3.8, 4) is 0 Å². The number of anilines is 1. The van der Waals surface area contributed by atoms with Crippen LogP contribution in [0.15, 0.2) is 41.5 Å². The lowest BCUT2D eigenvalue weighted by Gasteiger charge is -2.27. The summed E-state index contributed by atoms with van der Waals surface area (Å²) in [5, 5.41) is 7.68. The number of hydrazine groups is 1. The number of amidine groups is 1. The molecule has 5 N–H and O–H groups in total. The zero-order chi connectivity index (χ0) is 26.2. The standard InChI is InChI=1S/C25H35FN8O2/c1-4-32(25(36)33-13-5-6-14-33)15-12-18-10-11-19(20(26)16-18)24(35)30-22-9-7-8-21(29-22)23(31-27)34(28)17(2)3/h7-11,16-17H,4-6,12-15,27-28H2,1-3H3,(H,29,30,35)/b31-23-. The number of carbonyl (C=O) groups is 2. The molecular formula is C25H35FN8O2. The summed E-state index contributed by atoms with van der Waals surface area (Å²) in [6.45, 7) is 8.30. The van der Waals surface area contributed by atoms with Gasteiger partial charge in [-0.05, 0) is 69.9 Å². The molecule has 36 heavy (non-hydrogen) atoms. The molecule has 2 heterocycles. The maximum absolute atomic E-state index is 14.8. The van der Waals surface area contributed by atoms with Gasteiger partial charge in [0.25, 0.3) is 5.91 Å². The Labute approximate surface area is 211 Å². The molecule has 194 valence electrons. The van der Waals surface area contributed by atoms with Crippen LogP contribution in [-0.4, -0.2) is 69.8 Å². The average Bonchev–Trinajstić information content (AvgIpc) is 3.40. The second-order valence-corrected chi connectivity index (χ2v) is 8.94. The van der Waals surface area contributed by atoms with Crippen LogP contribution >= 0.6 is 0 Å². The predicted octanol–water partition coefficient (Wildman–Crippen LogP) is 2.76. The maximum atomic E-state index is 14.8. The second kappa shape index (κ2) is 12.3. The van der Waals surface area contributed by atoms with E-state index in [4.69, 9.17) is 11.7 Å². The molecule has 0 bridgehead atoms. The monoisotopic (exact) mass is 498 g/mol. The van der Waals surface area contributed by atoms with E-state index in [9.17, 15) is 14.0 Å². The molecule has 3 amide bonds.